The van der Waals surface area contributed by atoms with Crippen LogP contribution in [0.1, 0.15) is 37.7 Å². The van der Waals surface area contributed by atoms with E-state index in [9.17, 15) is 10.2 Å². The minimum absolute atomic E-state index is 0.0243. The van der Waals surface area contributed by atoms with Gasteiger partial charge < -0.3 is 15.5 Å². The van der Waals surface area contributed by atoms with Crippen LogP contribution in [0.3, 0.4) is 0 Å². The van der Waals surface area contributed by atoms with Crippen LogP contribution in [-0.4, -0.2) is 22.8 Å². The predicted octanol–water partition coefficient (Wildman–Crippen LogP) is 2.34. The summed E-state index contributed by atoms with van der Waals surface area (Å²) in [6.07, 6.45) is 3.59. The lowest BCUT2D eigenvalue weighted by molar-refractivity contribution is 0.402. The molecule has 0 spiro atoms. The van der Waals surface area contributed by atoms with Gasteiger partial charge in [-0.15, -0.1) is 0 Å². The third-order valence-corrected chi connectivity index (χ3v) is 3.37. The van der Waals surface area contributed by atoms with E-state index in [2.05, 4.69) is 12.2 Å². The van der Waals surface area contributed by atoms with Crippen molar-refractivity contribution in [2.75, 3.05) is 6.54 Å². The average Bonchev–Trinajstić information content (AvgIpc) is 2.74. The Kier molecular flexibility index (Phi) is 3.34. The van der Waals surface area contributed by atoms with Gasteiger partial charge in [-0.2, -0.15) is 0 Å². The van der Waals surface area contributed by atoms with Crippen LogP contribution < -0.4 is 5.32 Å². The van der Waals surface area contributed by atoms with Crippen molar-refractivity contribution in [3.05, 3.63) is 23.8 Å². The molecule has 2 rings (SSSR count). The maximum absolute atomic E-state index is 9.44. The molecule has 1 aliphatic heterocycles. The minimum atomic E-state index is -0.0464. The van der Waals surface area contributed by atoms with Crippen molar-refractivity contribution in [2.24, 2.45) is 0 Å². The number of rotatable bonds is 3. The second kappa shape index (κ2) is 4.74. The molecule has 3 N–H and O–H groups in total. The smallest absolute Gasteiger partial charge is 0.157 e. The fraction of sp³-hybridized carbons (Fsp3) is 0.538. The number of hydrogen-bond acceptors (Lipinski definition) is 3. The van der Waals surface area contributed by atoms with E-state index < -0.39 is 0 Å². The summed E-state index contributed by atoms with van der Waals surface area (Å²) in [6, 6.07) is 5.71. The molecule has 1 aromatic carbocycles. The van der Waals surface area contributed by atoms with Gasteiger partial charge in [-0.3, -0.25) is 0 Å². The molecule has 1 aromatic rings. The lowest BCUT2D eigenvalue weighted by Crippen LogP contribution is -2.22. The third kappa shape index (κ3) is 2.47. The van der Waals surface area contributed by atoms with Gasteiger partial charge in [0.25, 0.3) is 0 Å². The van der Waals surface area contributed by atoms with E-state index in [4.69, 9.17) is 0 Å². The van der Waals surface area contributed by atoms with E-state index in [1.165, 1.54) is 12.8 Å². The molecule has 0 bridgehead atoms. The molecule has 1 fully saturated rings. The number of phenols is 2. The van der Waals surface area contributed by atoms with Crippen LogP contribution in [0, 0.1) is 0 Å². The fourth-order valence-electron chi connectivity index (χ4n) is 2.37. The first kappa shape index (κ1) is 11.3. The van der Waals surface area contributed by atoms with Gasteiger partial charge in [-0.1, -0.05) is 13.0 Å². The number of hydrogen-bond donors (Lipinski definition) is 3. The van der Waals surface area contributed by atoms with Crippen LogP contribution in [-0.2, 0) is 0 Å². The normalized spacial score (nSPS) is 22.2. The van der Waals surface area contributed by atoms with Crippen molar-refractivity contribution in [1.29, 1.82) is 0 Å². The summed E-state index contributed by atoms with van der Waals surface area (Å²) in [4.78, 5) is 0. The van der Waals surface area contributed by atoms with Gasteiger partial charge in [-0.05, 0) is 49.4 Å². The molecule has 88 valence electrons. The molecule has 1 aliphatic rings. The largest absolute Gasteiger partial charge is 0.504 e. The Labute approximate surface area is 96.1 Å². The second-order valence-corrected chi connectivity index (χ2v) is 4.68. The molecule has 0 aromatic heterocycles. The Morgan fingerprint density at radius 2 is 2.19 bits per heavy atom. The van der Waals surface area contributed by atoms with E-state index in [0.717, 1.165) is 18.5 Å². The number of nitrogens with one attached hydrogen (secondary N) is 1. The van der Waals surface area contributed by atoms with E-state index in [1.54, 1.807) is 12.1 Å². The zero-order chi connectivity index (χ0) is 11.5. The topological polar surface area (TPSA) is 52.5 Å². The molecular weight excluding hydrogens is 202 g/mol. The van der Waals surface area contributed by atoms with Crippen molar-refractivity contribution < 1.29 is 10.2 Å². The van der Waals surface area contributed by atoms with Crippen molar-refractivity contribution in [1.82, 2.24) is 5.32 Å². The molecule has 16 heavy (non-hydrogen) atoms. The van der Waals surface area contributed by atoms with Gasteiger partial charge in [0.05, 0.1) is 0 Å². The highest BCUT2D eigenvalue weighted by atomic mass is 16.3. The van der Waals surface area contributed by atoms with Crippen LogP contribution >= 0.6 is 0 Å². The molecule has 3 nitrogen and oxygen atoms in total. The first-order chi connectivity index (χ1) is 7.66. The number of phenolic OH excluding ortho intramolecular Hbond substituents is 2. The van der Waals surface area contributed by atoms with E-state index in [-0.39, 0.29) is 11.5 Å². The Hall–Kier alpha value is -1.22. The molecule has 1 saturated heterocycles. The molecule has 0 saturated carbocycles. The number of benzene rings is 1. The Morgan fingerprint density at radius 3 is 2.81 bits per heavy atom. The first-order valence-corrected chi connectivity index (χ1v) is 5.92. The van der Waals surface area contributed by atoms with Gasteiger partial charge in [-0.25, -0.2) is 0 Å². The summed E-state index contributed by atoms with van der Waals surface area (Å²) in [6.45, 7) is 3.28. The molecule has 3 heteroatoms. The molecule has 0 aliphatic carbocycles. The zero-order valence-electron chi connectivity index (χ0n) is 9.61. The van der Waals surface area contributed by atoms with Crippen molar-refractivity contribution >= 4 is 0 Å². The number of aromatic hydroxyl groups is 2. The van der Waals surface area contributed by atoms with Crippen LogP contribution in [0.5, 0.6) is 11.5 Å². The summed E-state index contributed by atoms with van der Waals surface area (Å²) in [5.41, 5.74) is 1.09. The van der Waals surface area contributed by atoms with Crippen molar-refractivity contribution in [3.8, 4) is 11.5 Å². The minimum Gasteiger partial charge on any atom is -0.504 e. The highest BCUT2D eigenvalue weighted by Crippen LogP contribution is 2.31. The molecule has 0 amide bonds. The van der Waals surface area contributed by atoms with Gasteiger partial charge in [0.1, 0.15) is 0 Å². The highest BCUT2D eigenvalue weighted by molar-refractivity contribution is 5.41. The summed E-state index contributed by atoms with van der Waals surface area (Å²) in [5, 5.41) is 22.2. The fourth-order valence-corrected chi connectivity index (χ4v) is 2.37. The van der Waals surface area contributed by atoms with Gasteiger partial charge in [0, 0.05) is 6.04 Å². The molecule has 2 unspecified atom stereocenters. The van der Waals surface area contributed by atoms with E-state index >= 15 is 0 Å². The van der Waals surface area contributed by atoms with Crippen LogP contribution in [0.25, 0.3) is 0 Å². The lowest BCUT2D eigenvalue weighted by atomic mass is 9.93. The van der Waals surface area contributed by atoms with Gasteiger partial charge in [0.15, 0.2) is 11.5 Å². The van der Waals surface area contributed by atoms with Crippen LogP contribution in [0.4, 0.5) is 0 Å². The molecular formula is C13H19NO2. The average molecular weight is 221 g/mol. The molecule has 1 heterocycles. The van der Waals surface area contributed by atoms with E-state index in [0.29, 0.717) is 12.0 Å². The second-order valence-electron chi connectivity index (χ2n) is 4.68. The van der Waals surface area contributed by atoms with Gasteiger partial charge >= 0.3 is 0 Å². The molecule has 0 radical (unpaired) electrons. The zero-order valence-corrected chi connectivity index (χ0v) is 9.61. The lowest BCUT2D eigenvalue weighted by Gasteiger charge is -2.17. The van der Waals surface area contributed by atoms with Crippen LogP contribution in [0.15, 0.2) is 18.2 Å². The SMILES string of the molecule is CC(CC1CCCN1)c1ccc(O)c(O)c1. The van der Waals surface area contributed by atoms with Crippen molar-refractivity contribution in [3.63, 3.8) is 0 Å². The summed E-state index contributed by atoms with van der Waals surface area (Å²) in [5.74, 6) is 0.334. The standard InChI is InChI=1S/C13H19NO2/c1-9(7-11-3-2-6-14-11)10-4-5-12(15)13(16)8-10/h4-5,8-9,11,14-16H,2-3,6-7H2,1H3. The van der Waals surface area contributed by atoms with E-state index in [1.807, 2.05) is 6.07 Å². The summed E-state index contributed by atoms with van der Waals surface area (Å²) >= 11 is 0. The Balaban J connectivity index is 2.02. The summed E-state index contributed by atoms with van der Waals surface area (Å²) in [7, 11) is 0. The Bertz CT molecular complexity index is 359. The molecule has 2 atom stereocenters. The van der Waals surface area contributed by atoms with Crippen LogP contribution in [0.2, 0.25) is 0 Å². The predicted molar refractivity (Wildman–Crippen MR) is 63.8 cm³/mol. The third-order valence-electron chi connectivity index (χ3n) is 3.37. The maximum Gasteiger partial charge on any atom is 0.157 e. The highest BCUT2D eigenvalue weighted by Gasteiger charge is 2.18. The Morgan fingerprint density at radius 1 is 1.38 bits per heavy atom. The quantitative estimate of drug-likeness (QED) is 0.687. The van der Waals surface area contributed by atoms with Gasteiger partial charge in [0.2, 0.25) is 0 Å². The first-order valence-electron chi connectivity index (χ1n) is 5.92. The summed E-state index contributed by atoms with van der Waals surface area (Å²) < 4.78 is 0. The monoisotopic (exact) mass is 221 g/mol. The maximum atomic E-state index is 9.44. The van der Waals surface area contributed by atoms with Crippen molar-refractivity contribution in [2.45, 2.75) is 38.1 Å².